The average molecular weight is 464 g/mol. The Morgan fingerprint density at radius 1 is 1.03 bits per heavy atom. The Bertz CT molecular complexity index is 1210. The Balaban J connectivity index is 1.76. The fraction of sp³-hybridized carbons (Fsp3) is 0.160. The molecular weight excluding hydrogens is 442 g/mol. The zero-order valence-electron chi connectivity index (χ0n) is 18.2. The molecule has 2 heterocycles. The lowest BCUT2D eigenvalue weighted by atomic mass is 10.0. The number of hydrogen-bond donors (Lipinski definition) is 1. The van der Waals surface area contributed by atoms with Gasteiger partial charge in [0, 0.05) is 11.2 Å². The molecular formula is C25H22ClN3O4. The number of carbonyl (C=O) groups is 2. The maximum atomic E-state index is 13.4. The number of benzene rings is 2. The Kier molecular flexibility index (Phi) is 6.60. The minimum Gasteiger partial charge on any atom is -0.495 e. The standard InChI is InChI=1S/C25H22ClN3O4/c1-3-33-19-10-7-16(8-11-19)22-23(28-20-14-17(26)9-12-21(20)32-2)25(31)29(24(22)30)15-18-6-4-5-13-27-18/h4-14,28H,3,15H2,1-2H3. The summed E-state index contributed by atoms with van der Waals surface area (Å²) in [6.45, 7) is 2.47. The van der Waals surface area contributed by atoms with E-state index in [4.69, 9.17) is 21.1 Å². The first-order valence-corrected chi connectivity index (χ1v) is 10.7. The van der Waals surface area contributed by atoms with E-state index < -0.39 is 11.8 Å². The third-order valence-electron chi connectivity index (χ3n) is 5.09. The number of hydrogen-bond acceptors (Lipinski definition) is 6. The number of halogens is 1. The quantitative estimate of drug-likeness (QED) is 0.494. The summed E-state index contributed by atoms with van der Waals surface area (Å²) in [7, 11) is 1.52. The highest BCUT2D eigenvalue weighted by molar-refractivity contribution is 6.36. The fourth-order valence-electron chi connectivity index (χ4n) is 3.55. The van der Waals surface area contributed by atoms with Crippen LogP contribution < -0.4 is 14.8 Å². The summed E-state index contributed by atoms with van der Waals surface area (Å²) in [5, 5.41) is 3.55. The summed E-state index contributed by atoms with van der Waals surface area (Å²) < 4.78 is 10.9. The number of carbonyl (C=O) groups excluding carboxylic acids is 2. The molecule has 7 nitrogen and oxygen atoms in total. The van der Waals surface area contributed by atoms with Gasteiger partial charge in [-0.15, -0.1) is 0 Å². The van der Waals surface area contributed by atoms with Crippen molar-refractivity contribution in [2.45, 2.75) is 13.5 Å². The van der Waals surface area contributed by atoms with Crippen LogP contribution in [0.25, 0.3) is 5.57 Å². The van der Waals surface area contributed by atoms with Crippen molar-refractivity contribution in [1.29, 1.82) is 0 Å². The highest BCUT2D eigenvalue weighted by Crippen LogP contribution is 2.35. The van der Waals surface area contributed by atoms with Crippen LogP contribution in [-0.2, 0) is 16.1 Å². The zero-order chi connectivity index (χ0) is 23.4. The van der Waals surface area contributed by atoms with E-state index in [-0.39, 0.29) is 17.8 Å². The third-order valence-corrected chi connectivity index (χ3v) is 5.32. The monoisotopic (exact) mass is 463 g/mol. The molecule has 0 spiro atoms. The van der Waals surface area contributed by atoms with Gasteiger partial charge in [-0.1, -0.05) is 29.8 Å². The summed E-state index contributed by atoms with van der Waals surface area (Å²) in [5.74, 6) is 0.284. The van der Waals surface area contributed by atoms with Crippen molar-refractivity contribution in [2.24, 2.45) is 0 Å². The molecule has 0 bridgehead atoms. The third kappa shape index (κ3) is 4.68. The van der Waals surface area contributed by atoms with E-state index in [0.29, 0.717) is 40.1 Å². The van der Waals surface area contributed by atoms with Crippen molar-refractivity contribution in [3.8, 4) is 11.5 Å². The largest absolute Gasteiger partial charge is 0.495 e. The van der Waals surface area contributed by atoms with Gasteiger partial charge in [-0.25, -0.2) is 0 Å². The molecule has 0 radical (unpaired) electrons. The molecule has 1 N–H and O–H groups in total. The summed E-state index contributed by atoms with van der Waals surface area (Å²) >= 11 is 6.16. The minimum absolute atomic E-state index is 0.0525. The molecule has 0 aliphatic carbocycles. The second kappa shape index (κ2) is 9.75. The molecule has 0 fully saturated rings. The molecule has 1 aliphatic rings. The van der Waals surface area contributed by atoms with Gasteiger partial charge in [-0.3, -0.25) is 19.5 Å². The van der Waals surface area contributed by atoms with Gasteiger partial charge < -0.3 is 14.8 Å². The van der Waals surface area contributed by atoms with Crippen LogP contribution in [0.3, 0.4) is 0 Å². The first-order valence-electron chi connectivity index (χ1n) is 10.4. The van der Waals surface area contributed by atoms with Crippen molar-refractivity contribution < 1.29 is 19.1 Å². The molecule has 1 aromatic heterocycles. The van der Waals surface area contributed by atoms with E-state index in [9.17, 15) is 9.59 Å². The normalized spacial score (nSPS) is 13.5. The van der Waals surface area contributed by atoms with Gasteiger partial charge >= 0.3 is 0 Å². The summed E-state index contributed by atoms with van der Waals surface area (Å²) in [6.07, 6.45) is 1.62. The number of ether oxygens (including phenoxy) is 2. The molecule has 3 aromatic rings. The molecule has 4 rings (SSSR count). The van der Waals surface area contributed by atoms with Crippen LogP contribution in [0.4, 0.5) is 5.69 Å². The number of imide groups is 1. The van der Waals surface area contributed by atoms with Crippen LogP contribution in [0.2, 0.25) is 5.02 Å². The number of rotatable bonds is 8. The van der Waals surface area contributed by atoms with E-state index in [0.717, 1.165) is 0 Å². The molecule has 0 unspecified atom stereocenters. The maximum Gasteiger partial charge on any atom is 0.278 e. The number of nitrogens with zero attached hydrogens (tertiary/aromatic N) is 2. The van der Waals surface area contributed by atoms with Gasteiger partial charge in [0.05, 0.1) is 37.2 Å². The zero-order valence-corrected chi connectivity index (χ0v) is 18.9. The van der Waals surface area contributed by atoms with Crippen LogP contribution >= 0.6 is 11.6 Å². The first-order chi connectivity index (χ1) is 16.0. The number of pyridine rings is 1. The van der Waals surface area contributed by atoms with Crippen LogP contribution in [0, 0.1) is 0 Å². The van der Waals surface area contributed by atoms with Gasteiger partial charge in [0.1, 0.15) is 17.2 Å². The van der Waals surface area contributed by atoms with Crippen molar-refractivity contribution in [1.82, 2.24) is 9.88 Å². The smallest absolute Gasteiger partial charge is 0.278 e. The minimum atomic E-state index is -0.462. The molecule has 0 saturated carbocycles. The van der Waals surface area contributed by atoms with Gasteiger partial charge in [-0.2, -0.15) is 0 Å². The van der Waals surface area contributed by atoms with E-state index in [1.165, 1.54) is 12.0 Å². The molecule has 1 aliphatic heterocycles. The van der Waals surface area contributed by atoms with E-state index in [2.05, 4.69) is 10.3 Å². The van der Waals surface area contributed by atoms with Crippen molar-refractivity contribution in [2.75, 3.05) is 19.0 Å². The number of aromatic nitrogens is 1. The van der Waals surface area contributed by atoms with Crippen LogP contribution in [0.1, 0.15) is 18.2 Å². The van der Waals surface area contributed by atoms with E-state index in [1.807, 2.05) is 13.0 Å². The number of anilines is 1. The van der Waals surface area contributed by atoms with Gasteiger partial charge in [0.2, 0.25) is 0 Å². The van der Waals surface area contributed by atoms with E-state index >= 15 is 0 Å². The van der Waals surface area contributed by atoms with Crippen LogP contribution in [0.15, 0.2) is 72.6 Å². The van der Waals surface area contributed by atoms with Gasteiger partial charge in [-0.05, 0) is 55.0 Å². The summed E-state index contributed by atoms with van der Waals surface area (Å²) in [5.41, 5.74) is 2.06. The molecule has 8 heteroatoms. The number of nitrogens with one attached hydrogen (secondary N) is 1. The molecule has 0 saturated heterocycles. The Hall–Kier alpha value is -3.84. The fourth-order valence-corrected chi connectivity index (χ4v) is 3.73. The van der Waals surface area contributed by atoms with E-state index in [1.54, 1.807) is 60.8 Å². The predicted molar refractivity (Wildman–Crippen MR) is 126 cm³/mol. The molecule has 168 valence electrons. The maximum absolute atomic E-state index is 13.4. The van der Waals surface area contributed by atoms with Crippen molar-refractivity contribution in [3.63, 3.8) is 0 Å². The number of amides is 2. The first kappa shape index (κ1) is 22.4. The molecule has 0 atom stereocenters. The van der Waals surface area contributed by atoms with Crippen molar-refractivity contribution in [3.05, 3.63) is 88.8 Å². The topological polar surface area (TPSA) is 80.8 Å². The van der Waals surface area contributed by atoms with Crippen LogP contribution in [-0.4, -0.2) is 35.4 Å². The predicted octanol–water partition coefficient (Wildman–Crippen LogP) is 4.53. The SMILES string of the molecule is CCOc1ccc(C2=C(Nc3cc(Cl)ccc3OC)C(=O)N(Cc3ccccn3)C2=O)cc1. The number of methoxy groups -OCH3 is 1. The Labute approximate surface area is 196 Å². The molecule has 2 amide bonds. The van der Waals surface area contributed by atoms with Crippen LogP contribution in [0.5, 0.6) is 11.5 Å². The Morgan fingerprint density at radius 3 is 2.48 bits per heavy atom. The van der Waals surface area contributed by atoms with Crippen molar-refractivity contribution >= 4 is 34.7 Å². The summed E-state index contributed by atoms with van der Waals surface area (Å²) in [6, 6.07) is 17.4. The highest BCUT2D eigenvalue weighted by atomic mass is 35.5. The van der Waals surface area contributed by atoms with Gasteiger partial charge in [0.15, 0.2) is 0 Å². The second-order valence-electron chi connectivity index (χ2n) is 7.19. The lowest BCUT2D eigenvalue weighted by molar-refractivity contribution is -0.137. The van der Waals surface area contributed by atoms with Gasteiger partial charge in [0.25, 0.3) is 11.8 Å². The second-order valence-corrected chi connectivity index (χ2v) is 7.63. The molecule has 2 aromatic carbocycles. The highest BCUT2D eigenvalue weighted by Gasteiger charge is 2.39. The molecule has 33 heavy (non-hydrogen) atoms. The lowest BCUT2D eigenvalue weighted by Gasteiger charge is -2.15. The lowest BCUT2D eigenvalue weighted by Crippen LogP contribution is -2.32. The average Bonchev–Trinajstić information content (AvgIpc) is 3.05. The summed E-state index contributed by atoms with van der Waals surface area (Å²) in [4.78, 5) is 32.3. The Morgan fingerprint density at radius 2 is 1.82 bits per heavy atom.